The first-order chi connectivity index (χ1) is 7.83. The maximum absolute atomic E-state index is 5.03. The van der Waals surface area contributed by atoms with Crippen LogP contribution >= 0.6 is 0 Å². The Morgan fingerprint density at radius 2 is 1.94 bits per heavy atom. The average Bonchev–Trinajstić information content (AvgIpc) is 2.33. The lowest BCUT2D eigenvalue weighted by Crippen LogP contribution is -2.25. The van der Waals surface area contributed by atoms with Gasteiger partial charge in [0.05, 0.1) is 6.61 Å². The van der Waals surface area contributed by atoms with Gasteiger partial charge in [-0.25, -0.2) is 0 Å². The van der Waals surface area contributed by atoms with E-state index in [0.29, 0.717) is 0 Å². The summed E-state index contributed by atoms with van der Waals surface area (Å²) < 4.78 is 5.03. The molecular weight excluding hydrogens is 200 g/mol. The summed E-state index contributed by atoms with van der Waals surface area (Å²) in [6, 6.07) is 10.3. The van der Waals surface area contributed by atoms with E-state index in [1.165, 1.54) is 5.69 Å². The lowest BCUT2D eigenvalue weighted by molar-refractivity contribution is 0.161. The molecule has 3 nitrogen and oxygen atoms in total. The molecule has 0 fully saturated rings. The summed E-state index contributed by atoms with van der Waals surface area (Å²) in [5.74, 6) is 0. The van der Waals surface area contributed by atoms with Gasteiger partial charge >= 0.3 is 0 Å². The van der Waals surface area contributed by atoms with E-state index in [4.69, 9.17) is 4.74 Å². The van der Waals surface area contributed by atoms with Crippen LogP contribution in [0.2, 0.25) is 0 Å². The van der Waals surface area contributed by atoms with Gasteiger partial charge in [0.2, 0.25) is 0 Å². The van der Waals surface area contributed by atoms with Gasteiger partial charge in [-0.2, -0.15) is 0 Å². The molecular formula is C13H22N2O. The molecule has 0 amide bonds. The smallest absolute Gasteiger partial charge is 0.0589 e. The molecule has 0 aliphatic rings. The number of rotatable bonds is 8. The Morgan fingerprint density at radius 3 is 2.62 bits per heavy atom. The molecule has 0 atom stereocenters. The van der Waals surface area contributed by atoms with Gasteiger partial charge in [0.1, 0.15) is 0 Å². The number of nitrogens with zero attached hydrogens (tertiary/aromatic N) is 1. The zero-order valence-corrected chi connectivity index (χ0v) is 10.3. The Balaban J connectivity index is 2.03. The quantitative estimate of drug-likeness (QED) is 0.681. The lowest BCUT2D eigenvalue weighted by atomic mass is 10.3. The highest BCUT2D eigenvalue weighted by molar-refractivity contribution is 5.42. The zero-order chi connectivity index (χ0) is 11.6. The Bertz CT molecular complexity index is 264. The van der Waals surface area contributed by atoms with Gasteiger partial charge in [-0.1, -0.05) is 18.2 Å². The summed E-state index contributed by atoms with van der Waals surface area (Å²) in [5, 5.41) is 3.40. The van der Waals surface area contributed by atoms with Crippen molar-refractivity contribution < 1.29 is 4.74 Å². The number of likely N-dealkylation sites (N-methyl/N-ethyl adjacent to an activating group) is 1. The minimum atomic E-state index is 0.808. The van der Waals surface area contributed by atoms with Crippen molar-refractivity contribution in [3.8, 4) is 0 Å². The third-order valence-electron chi connectivity index (χ3n) is 2.50. The molecule has 16 heavy (non-hydrogen) atoms. The topological polar surface area (TPSA) is 24.5 Å². The molecule has 0 spiro atoms. The van der Waals surface area contributed by atoms with E-state index in [1.54, 1.807) is 7.11 Å². The first-order valence-corrected chi connectivity index (χ1v) is 5.79. The fourth-order valence-electron chi connectivity index (χ4n) is 1.50. The molecule has 1 rings (SSSR count). The summed E-state index contributed by atoms with van der Waals surface area (Å²) >= 11 is 0. The molecule has 3 heteroatoms. The maximum Gasteiger partial charge on any atom is 0.0589 e. The number of nitrogens with one attached hydrogen (secondary N) is 1. The highest BCUT2D eigenvalue weighted by Crippen LogP contribution is 2.04. The Kier molecular flexibility index (Phi) is 6.61. The molecule has 1 aromatic rings. The Hall–Kier alpha value is -1.06. The number of methoxy groups -OCH3 is 1. The van der Waals surface area contributed by atoms with Crippen molar-refractivity contribution >= 4 is 5.69 Å². The van der Waals surface area contributed by atoms with Gasteiger partial charge in [0, 0.05) is 25.9 Å². The number of hydrogen-bond donors (Lipinski definition) is 1. The molecule has 0 saturated carbocycles. The van der Waals surface area contributed by atoms with Crippen LogP contribution in [0.25, 0.3) is 0 Å². The number of hydrogen-bond acceptors (Lipinski definition) is 3. The van der Waals surface area contributed by atoms with Crippen molar-refractivity contribution in [1.82, 2.24) is 4.90 Å². The molecule has 90 valence electrons. The first kappa shape index (κ1) is 13.0. The maximum atomic E-state index is 5.03. The summed E-state index contributed by atoms with van der Waals surface area (Å²) in [4.78, 5) is 2.29. The van der Waals surface area contributed by atoms with Crippen LogP contribution in [-0.4, -0.2) is 45.3 Å². The van der Waals surface area contributed by atoms with Crippen LogP contribution < -0.4 is 5.32 Å². The lowest BCUT2D eigenvalue weighted by Gasteiger charge is -2.16. The van der Waals surface area contributed by atoms with Crippen LogP contribution in [0.1, 0.15) is 6.42 Å². The van der Waals surface area contributed by atoms with Crippen molar-refractivity contribution in [2.24, 2.45) is 0 Å². The standard InChI is InChI=1S/C13H22N2O/c1-15(11-12-16-2)10-6-9-14-13-7-4-3-5-8-13/h3-5,7-8,14H,6,9-12H2,1-2H3. The molecule has 0 saturated heterocycles. The molecule has 0 unspecified atom stereocenters. The highest BCUT2D eigenvalue weighted by Gasteiger charge is 1.97. The van der Waals surface area contributed by atoms with Crippen LogP contribution in [-0.2, 0) is 4.74 Å². The SMILES string of the molecule is COCCN(C)CCCNc1ccccc1. The predicted molar refractivity (Wildman–Crippen MR) is 68.9 cm³/mol. The third-order valence-corrected chi connectivity index (χ3v) is 2.50. The van der Waals surface area contributed by atoms with Crippen molar-refractivity contribution in [3.05, 3.63) is 30.3 Å². The molecule has 0 radical (unpaired) electrons. The monoisotopic (exact) mass is 222 g/mol. The normalized spacial score (nSPS) is 10.7. The molecule has 1 N–H and O–H groups in total. The molecule has 0 aliphatic carbocycles. The van der Waals surface area contributed by atoms with E-state index < -0.39 is 0 Å². The van der Waals surface area contributed by atoms with Gasteiger partial charge in [0.15, 0.2) is 0 Å². The number of para-hydroxylation sites is 1. The number of ether oxygens (including phenoxy) is 1. The van der Waals surface area contributed by atoms with E-state index in [2.05, 4.69) is 29.4 Å². The Morgan fingerprint density at radius 1 is 1.19 bits per heavy atom. The molecule has 0 bridgehead atoms. The molecule has 0 heterocycles. The molecule has 0 aromatic heterocycles. The van der Waals surface area contributed by atoms with E-state index in [0.717, 1.165) is 32.7 Å². The van der Waals surface area contributed by atoms with Crippen LogP contribution in [0.5, 0.6) is 0 Å². The summed E-state index contributed by atoms with van der Waals surface area (Å²) in [5.41, 5.74) is 1.20. The van der Waals surface area contributed by atoms with Gasteiger partial charge in [-0.05, 0) is 32.1 Å². The predicted octanol–water partition coefficient (Wildman–Crippen LogP) is 2.07. The molecule has 0 aliphatic heterocycles. The fraction of sp³-hybridized carbons (Fsp3) is 0.538. The number of anilines is 1. The van der Waals surface area contributed by atoms with Crippen molar-refractivity contribution in [2.75, 3.05) is 45.7 Å². The Labute approximate surface area is 98.4 Å². The van der Waals surface area contributed by atoms with Crippen LogP contribution in [0.4, 0.5) is 5.69 Å². The second-order valence-corrected chi connectivity index (χ2v) is 3.94. The minimum Gasteiger partial charge on any atom is -0.385 e. The summed E-state index contributed by atoms with van der Waals surface area (Å²) in [6.07, 6.45) is 1.15. The first-order valence-electron chi connectivity index (χ1n) is 5.79. The van der Waals surface area contributed by atoms with Gasteiger partial charge < -0.3 is 15.0 Å². The minimum absolute atomic E-state index is 0.808. The third kappa shape index (κ3) is 5.73. The fourth-order valence-corrected chi connectivity index (χ4v) is 1.50. The van der Waals surface area contributed by atoms with Crippen molar-refractivity contribution in [2.45, 2.75) is 6.42 Å². The summed E-state index contributed by atoms with van der Waals surface area (Å²) in [6.45, 7) is 3.93. The summed E-state index contributed by atoms with van der Waals surface area (Å²) in [7, 11) is 3.87. The second kappa shape index (κ2) is 8.13. The number of benzene rings is 1. The van der Waals surface area contributed by atoms with E-state index in [1.807, 2.05) is 18.2 Å². The van der Waals surface area contributed by atoms with Crippen molar-refractivity contribution in [3.63, 3.8) is 0 Å². The zero-order valence-electron chi connectivity index (χ0n) is 10.3. The van der Waals surface area contributed by atoms with Gasteiger partial charge in [-0.15, -0.1) is 0 Å². The largest absolute Gasteiger partial charge is 0.385 e. The van der Waals surface area contributed by atoms with E-state index >= 15 is 0 Å². The second-order valence-electron chi connectivity index (χ2n) is 3.94. The van der Waals surface area contributed by atoms with Crippen LogP contribution in [0, 0.1) is 0 Å². The van der Waals surface area contributed by atoms with Crippen LogP contribution in [0.3, 0.4) is 0 Å². The van der Waals surface area contributed by atoms with Gasteiger partial charge in [-0.3, -0.25) is 0 Å². The van der Waals surface area contributed by atoms with E-state index in [9.17, 15) is 0 Å². The van der Waals surface area contributed by atoms with Crippen molar-refractivity contribution in [1.29, 1.82) is 0 Å². The molecule has 1 aromatic carbocycles. The van der Waals surface area contributed by atoms with Crippen LogP contribution in [0.15, 0.2) is 30.3 Å². The average molecular weight is 222 g/mol. The van der Waals surface area contributed by atoms with E-state index in [-0.39, 0.29) is 0 Å². The highest BCUT2D eigenvalue weighted by atomic mass is 16.5. The van der Waals surface area contributed by atoms with Gasteiger partial charge in [0.25, 0.3) is 0 Å².